The molecule has 0 aliphatic heterocycles. The smallest absolute Gasteiger partial charge is 0.287 e. The number of H-pyrrole nitrogens is 1. The van der Waals surface area contributed by atoms with Crippen molar-refractivity contribution in [2.75, 3.05) is 0 Å². The number of rotatable bonds is 5. The molecule has 22 heavy (non-hydrogen) atoms. The minimum Gasteiger partial charge on any atom is -0.548 e. The number of hydrogen-bond acceptors (Lipinski definition) is 4. The molecule has 1 aromatic carbocycles. The Hall–Kier alpha value is -3.02. The van der Waals surface area contributed by atoms with Crippen LogP contribution >= 0.6 is 0 Å². The molecule has 2 N–H and O–H groups in total. The predicted octanol–water partition coefficient (Wildman–Crippen LogP) is 0.852. The lowest BCUT2D eigenvalue weighted by molar-refractivity contribution is -0.308. The van der Waals surface area contributed by atoms with Crippen molar-refractivity contribution in [1.82, 2.24) is 10.3 Å². The van der Waals surface area contributed by atoms with Gasteiger partial charge in [-0.25, -0.2) is 0 Å². The molecule has 3 aromatic rings. The van der Waals surface area contributed by atoms with Gasteiger partial charge in [-0.05, 0) is 23.8 Å². The molecule has 0 aliphatic carbocycles. The van der Waals surface area contributed by atoms with Crippen LogP contribution in [0.3, 0.4) is 0 Å². The van der Waals surface area contributed by atoms with Gasteiger partial charge in [-0.2, -0.15) is 0 Å². The number of carbonyl (C=O) groups is 2. The van der Waals surface area contributed by atoms with E-state index in [0.29, 0.717) is 0 Å². The Morgan fingerprint density at radius 2 is 2.05 bits per heavy atom. The Morgan fingerprint density at radius 3 is 2.77 bits per heavy atom. The zero-order valence-corrected chi connectivity index (χ0v) is 11.5. The molecule has 0 saturated heterocycles. The number of benzene rings is 1. The average molecular weight is 297 g/mol. The van der Waals surface area contributed by atoms with E-state index in [9.17, 15) is 14.7 Å². The SMILES string of the molecule is O=C(N[C@H](Cc1c[nH]c2ccccc12)C(=O)[O-])c1ccco1. The Bertz CT molecular complexity index is 805. The summed E-state index contributed by atoms with van der Waals surface area (Å²) >= 11 is 0. The van der Waals surface area contributed by atoms with Gasteiger partial charge >= 0.3 is 0 Å². The molecule has 0 radical (unpaired) electrons. The highest BCUT2D eigenvalue weighted by Gasteiger charge is 2.18. The topological polar surface area (TPSA) is 98.2 Å². The number of furan rings is 1. The molecule has 0 spiro atoms. The maximum Gasteiger partial charge on any atom is 0.287 e. The lowest BCUT2D eigenvalue weighted by atomic mass is 10.0. The van der Waals surface area contributed by atoms with E-state index in [1.54, 1.807) is 12.3 Å². The molecule has 1 amide bonds. The highest BCUT2D eigenvalue weighted by molar-refractivity contribution is 5.94. The molecule has 1 atom stereocenters. The number of carboxylic acids is 1. The quantitative estimate of drug-likeness (QED) is 0.729. The highest BCUT2D eigenvalue weighted by Crippen LogP contribution is 2.19. The second-order valence-electron chi connectivity index (χ2n) is 4.89. The minimum atomic E-state index is -1.34. The maximum absolute atomic E-state index is 11.9. The first-order valence-corrected chi connectivity index (χ1v) is 6.75. The first kappa shape index (κ1) is 13.9. The Balaban J connectivity index is 1.80. The van der Waals surface area contributed by atoms with Crippen LogP contribution in [0.25, 0.3) is 10.9 Å². The van der Waals surface area contributed by atoms with E-state index in [4.69, 9.17) is 4.42 Å². The van der Waals surface area contributed by atoms with Gasteiger partial charge in [0.2, 0.25) is 0 Å². The van der Waals surface area contributed by atoms with Crippen LogP contribution < -0.4 is 10.4 Å². The van der Waals surface area contributed by atoms with Gasteiger partial charge in [0.05, 0.1) is 18.3 Å². The van der Waals surface area contributed by atoms with Crippen LogP contribution in [-0.2, 0) is 11.2 Å². The first-order chi connectivity index (χ1) is 10.6. The van der Waals surface area contributed by atoms with E-state index in [1.807, 2.05) is 24.3 Å². The molecular weight excluding hydrogens is 284 g/mol. The van der Waals surface area contributed by atoms with Gasteiger partial charge < -0.3 is 24.6 Å². The van der Waals surface area contributed by atoms with E-state index in [1.165, 1.54) is 12.3 Å². The standard InChI is InChI=1S/C16H14N2O4/c19-15(14-6-3-7-22-14)18-13(16(20)21)8-10-9-17-12-5-2-1-4-11(10)12/h1-7,9,13,17H,8H2,(H,18,19)(H,20,21)/p-1/t13-/m1/s1. The van der Waals surface area contributed by atoms with Gasteiger partial charge in [-0.15, -0.1) is 0 Å². The second-order valence-corrected chi connectivity index (χ2v) is 4.89. The number of amides is 1. The third-order valence-corrected chi connectivity index (χ3v) is 3.43. The second kappa shape index (κ2) is 5.77. The summed E-state index contributed by atoms with van der Waals surface area (Å²) in [5.74, 6) is -1.87. The summed E-state index contributed by atoms with van der Waals surface area (Å²) in [4.78, 5) is 26.3. The summed E-state index contributed by atoms with van der Waals surface area (Å²) in [5.41, 5.74) is 1.71. The van der Waals surface area contributed by atoms with E-state index >= 15 is 0 Å². The van der Waals surface area contributed by atoms with Crippen LogP contribution in [0, 0.1) is 0 Å². The predicted molar refractivity (Wildman–Crippen MR) is 77.0 cm³/mol. The molecule has 6 heteroatoms. The van der Waals surface area contributed by atoms with Crippen molar-refractivity contribution in [3.8, 4) is 0 Å². The Kier molecular flexibility index (Phi) is 3.65. The number of nitrogens with one attached hydrogen (secondary N) is 2. The Labute approximate surface area is 125 Å². The van der Waals surface area contributed by atoms with Crippen molar-refractivity contribution in [3.63, 3.8) is 0 Å². The van der Waals surface area contributed by atoms with Crippen LogP contribution in [0.15, 0.2) is 53.3 Å². The first-order valence-electron chi connectivity index (χ1n) is 6.75. The number of carboxylic acid groups (broad SMARTS) is 1. The van der Waals surface area contributed by atoms with Gasteiger partial charge in [0.25, 0.3) is 5.91 Å². The van der Waals surface area contributed by atoms with Crippen molar-refractivity contribution in [1.29, 1.82) is 0 Å². The molecule has 6 nitrogen and oxygen atoms in total. The molecule has 2 aromatic heterocycles. The molecule has 0 saturated carbocycles. The summed E-state index contributed by atoms with van der Waals surface area (Å²) in [7, 11) is 0. The zero-order valence-electron chi connectivity index (χ0n) is 11.5. The average Bonchev–Trinajstić information content (AvgIpc) is 3.16. The van der Waals surface area contributed by atoms with Crippen molar-refractivity contribution >= 4 is 22.8 Å². The van der Waals surface area contributed by atoms with Crippen LogP contribution in [0.4, 0.5) is 0 Å². The lowest BCUT2D eigenvalue weighted by Gasteiger charge is -2.18. The zero-order chi connectivity index (χ0) is 15.5. The number of para-hydroxylation sites is 1. The van der Waals surface area contributed by atoms with Crippen LogP contribution in [0.5, 0.6) is 0 Å². The fourth-order valence-corrected chi connectivity index (χ4v) is 2.35. The molecule has 3 rings (SSSR count). The molecule has 112 valence electrons. The number of hydrogen-bond donors (Lipinski definition) is 2. The van der Waals surface area contributed by atoms with E-state index in [0.717, 1.165) is 16.5 Å². The third kappa shape index (κ3) is 2.71. The van der Waals surface area contributed by atoms with Gasteiger partial charge in [0, 0.05) is 23.5 Å². The van der Waals surface area contributed by atoms with Crippen molar-refractivity contribution in [2.24, 2.45) is 0 Å². The number of fused-ring (bicyclic) bond motifs is 1. The molecule has 0 fully saturated rings. The lowest BCUT2D eigenvalue weighted by Crippen LogP contribution is -2.49. The minimum absolute atomic E-state index is 0.0603. The monoisotopic (exact) mass is 297 g/mol. The van der Waals surface area contributed by atoms with E-state index in [-0.39, 0.29) is 12.2 Å². The normalized spacial score (nSPS) is 12.2. The number of aromatic amines is 1. The molecule has 0 unspecified atom stereocenters. The molecule has 0 aliphatic rings. The number of carbonyl (C=O) groups excluding carboxylic acids is 2. The summed E-state index contributed by atoms with van der Waals surface area (Å²) in [6.45, 7) is 0. The summed E-state index contributed by atoms with van der Waals surface area (Å²) in [6.07, 6.45) is 3.21. The van der Waals surface area contributed by atoms with Gasteiger partial charge in [-0.3, -0.25) is 4.79 Å². The van der Waals surface area contributed by atoms with Crippen LogP contribution in [0.2, 0.25) is 0 Å². The van der Waals surface area contributed by atoms with Crippen molar-refractivity contribution < 1.29 is 19.1 Å². The van der Waals surface area contributed by atoms with Gasteiger partial charge in [-0.1, -0.05) is 18.2 Å². The summed E-state index contributed by atoms with van der Waals surface area (Å²) in [5, 5.41) is 14.6. The summed E-state index contributed by atoms with van der Waals surface area (Å²) in [6, 6.07) is 9.43. The maximum atomic E-state index is 11.9. The van der Waals surface area contributed by atoms with Gasteiger partial charge in [0.1, 0.15) is 0 Å². The van der Waals surface area contributed by atoms with Crippen molar-refractivity contribution in [3.05, 3.63) is 60.2 Å². The molecule has 0 bridgehead atoms. The van der Waals surface area contributed by atoms with Crippen LogP contribution in [0.1, 0.15) is 16.1 Å². The van der Waals surface area contributed by atoms with Crippen molar-refractivity contribution in [2.45, 2.75) is 12.5 Å². The number of aromatic nitrogens is 1. The number of aliphatic carboxylic acids is 1. The van der Waals surface area contributed by atoms with Crippen LogP contribution in [-0.4, -0.2) is 22.9 Å². The van der Waals surface area contributed by atoms with E-state index < -0.39 is 17.9 Å². The molecular formula is C16H13N2O4-. The molecule has 2 heterocycles. The third-order valence-electron chi connectivity index (χ3n) is 3.43. The fourth-order valence-electron chi connectivity index (χ4n) is 2.35. The van der Waals surface area contributed by atoms with Gasteiger partial charge in [0.15, 0.2) is 5.76 Å². The highest BCUT2D eigenvalue weighted by atomic mass is 16.4. The Morgan fingerprint density at radius 1 is 1.23 bits per heavy atom. The largest absolute Gasteiger partial charge is 0.548 e. The summed E-state index contributed by atoms with van der Waals surface area (Å²) < 4.78 is 4.95. The van der Waals surface area contributed by atoms with E-state index in [2.05, 4.69) is 10.3 Å². The fraction of sp³-hybridized carbons (Fsp3) is 0.125.